The molecule has 0 heterocycles. The number of hydrogen-bond donors (Lipinski definition) is 1. The number of anilines is 1. The summed E-state index contributed by atoms with van der Waals surface area (Å²) in [5, 5.41) is 8.99. The molecule has 0 aliphatic carbocycles. The fraction of sp³-hybridized carbons (Fsp3) is 0.333. The molecule has 4 aromatic carbocycles. The van der Waals surface area contributed by atoms with Gasteiger partial charge in [-0.3, -0.25) is 0 Å². The molecule has 0 amide bonds. The van der Waals surface area contributed by atoms with Gasteiger partial charge in [0.05, 0.1) is 5.54 Å². The van der Waals surface area contributed by atoms with E-state index >= 15 is 0 Å². The molecule has 0 saturated carbocycles. The molecular weight excluding hydrogens is 374 g/mol. The van der Waals surface area contributed by atoms with E-state index in [0.29, 0.717) is 0 Å². The van der Waals surface area contributed by atoms with E-state index in [0.717, 1.165) is 19.3 Å². The van der Waals surface area contributed by atoms with Crippen molar-refractivity contribution >= 4 is 27.2 Å². The van der Waals surface area contributed by atoms with Gasteiger partial charge in [0.1, 0.15) is 0 Å². The topological polar surface area (TPSA) is 12.0 Å². The van der Waals surface area contributed by atoms with Crippen LogP contribution < -0.4 is 5.32 Å². The minimum absolute atomic E-state index is 0.113. The van der Waals surface area contributed by atoms with Gasteiger partial charge >= 0.3 is 0 Å². The summed E-state index contributed by atoms with van der Waals surface area (Å²) >= 11 is 0. The molecule has 0 radical (unpaired) electrons. The van der Waals surface area contributed by atoms with Crippen LogP contribution in [0.25, 0.3) is 21.5 Å². The van der Waals surface area contributed by atoms with Gasteiger partial charge < -0.3 is 5.32 Å². The van der Waals surface area contributed by atoms with E-state index in [-0.39, 0.29) is 11.0 Å². The molecule has 1 N–H and O–H groups in total. The van der Waals surface area contributed by atoms with E-state index in [1.165, 1.54) is 38.4 Å². The Labute approximate surface area is 187 Å². The van der Waals surface area contributed by atoms with Gasteiger partial charge in [-0.15, -0.1) is 0 Å². The van der Waals surface area contributed by atoms with Crippen LogP contribution in [0, 0.1) is 0 Å². The third kappa shape index (κ3) is 4.06. The first-order valence-corrected chi connectivity index (χ1v) is 11.7. The Balaban J connectivity index is 1.65. The van der Waals surface area contributed by atoms with Crippen LogP contribution in [0.15, 0.2) is 78.9 Å². The Bertz CT molecular complexity index is 1180. The molecule has 4 aromatic rings. The van der Waals surface area contributed by atoms with Crippen LogP contribution in [0.1, 0.15) is 65.0 Å². The summed E-state index contributed by atoms with van der Waals surface area (Å²) in [4.78, 5) is 0. The minimum atomic E-state index is -0.113. The molecule has 0 aliphatic heterocycles. The summed E-state index contributed by atoms with van der Waals surface area (Å²) in [6.07, 6.45) is 3.34. The molecule has 31 heavy (non-hydrogen) atoms. The van der Waals surface area contributed by atoms with Crippen molar-refractivity contribution in [1.29, 1.82) is 0 Å². The first-order chi connectivity index (χ1) is 14.9. The normalized spacial score (nSPS) is 14.0. The molecule has 0 fully saturated rings. The molecule has 1 heteroatoms. The van der Waals surface area contributed by atoms with Crippen LogP contribution in [-0.4, -0.2) is 0 Å². The van der Waals surface area contributed by atoms with Crippen molar-refractivity contribution in [3.8, 4) is 0 Å². The monoisotopic (exact) mass is 409 g/mol. The number of hydrogen-bond acceptors (Lipinski definition) is 1. The Kier molecular flexibility index (Phi) is 5.79. The molecule has 0 bridgehead atoms. The molecule has 0 spiro atoms. The van der Waals surface area contributed by atoms with Gasteiger partial charge in [-0.25, -0.2) is 0 Å². The second-order valence-corrected chi connectivity index (χ2v) is 9.42. The smallest absolute Gasteiger partial charge is 0.0594 e. The fourth-order valence-corrected chi connectivity index (χ4v) is 4.60. The number of benzene rings is 4. The SMILES string of the molecule is CCC(C)(CC)c1ccc(C(C)(CC)Nc2ccc3cc4ccccc4cc3c2)cc1. The van der Waals surface area contributed by atoms with E-state index in [2.05, 4.69) is 119 Å². The highest BCUT2D eigenvalue weighted by Gasteiger charge is 2.27. The first-order valence-electron chi connectivity index (χ1n) is 11.7. The van der Waals surface area contributed by atoms with Crippen molar-refractivity contribution in [3.63, 3.8) is 0 Å². The highest BCUT2D eigenvalue weighted by molar-refractivity contribution is 5.99. The highest BCUT2D eigenvalue weighted by atomic mass is 15.0. The van der Waals surface area contributed by atoms with Crippen molar-refractivity contribution in [2.45, 2.75) is 64.8 Å². The van der Waals surface area contributed by atoms with Crippen LogP contribution in [-0.2, 0) is 11.0 Å². The Morgan fingerprint density at radius 3 is 1.71 bits per heavy atom. The van der Waals surface area contributed by atoms with Crippen LogP contribution in [0.3, 0.4) is 0 Å². The molecule has 1 nitrogen and oxygen atoms in total. The predicted octanol–water partition coefficient (Wildman–Crippen LogP) is 8.81. The zero-order chi connectivity index (χ0) is 22.1. The van der Waals surface area contributed by atoms with Gasteiger partial charge in [0, 0.05) is 5.69 Å². The summed E-state index contributed by atoms with van der Waals surface area (Å²) in [6.45, 7) is 11.5. The van der Waals surface area contributed by atoms with Gasteiger partial charge in [-0.1, -0.05) is 82.3 Å². The van der Waals surface area contributed by atoms with Crippen molar-refractivity contribution in [1.82, 2.24) is 0 Å². The lowest BCUT2D eigenvalue weighted by molar-refractivity contribution is 0.438. The molecule has 1 atom stereocenters. The Morgan fingerprint density at radius 2 is 1.13 bits per heavy atom. The van der Waals surface area contributed by atoms with Crippen LogP contribution in [0.5, 0.6) is 0 Å². The highest BCUT2D eigenvalue weighted by Crippen LogP contribution is 2.35. The maximum Gasteiger partial charge on any atom is 0.0594 e. The average Bonchev–Trinajstić information content (AvgIpc) is 2.82. The van der Waals surface area contributed by atoms with E-state index < -0.39 is 0 Å². The molecule has 160 valence electrons. The molecule has 0 saturated heterocycles. The summed E-state index contributed by atoms with van der Waals surface area (Å²) in [6, 6.07) is 29.2. The third-order valence-electron chi connectivity index (χ3n) is 7.61. The van der Waals surface area contributed by atoms with E-state index in [1.54, 1.807) is 0 Å². The summed E-state index contributed by atoms with van der Waals surface area (Å²) in [5.41, 5.74) is 4.10. The maximum atomic E-state index is 3.85. The average molecular weight is 410 g/mol. The van der Waals surface area contributed by atoms with Gasteiger partial charge in [0.2, 0.25) is 0 Å². The minimum Gasteiger partial charge on any atom is -0.376 e. The lowest BCUT2D eigenvalue weighted by Gasteiger charge is -2.33. The van der Waals surface area contributed by atoms with E-state index in [9.17, 15) is 0 Å². The van der Waals surface area contributed by atoms with E-state index in [1.807, 2.05) is 0 Å². The fourth-order valence-electron chi connectivity index (χ4n) is 4.60. The quantitative estimate of drug-likeness (QED) is 0.301. The van der Waals surface area contributed by atoms with Gasteiger partial charge in [-0.05, 0) is 88.5 Å². The maximum absolute atomic E-state index is 3.85. The van der Waals surface area contributed by atoms with Crippen molar-refractivity contribution < 1.29 is 0 Å². The zero-order valence-corrected chi connectivity index (χ0v) is 19.6. The molecule has 0 aliphatic rings. The van der Waals surface area contributed by atoms with Crippen molar-refractivity contribution in [3.05, 3.63) is 90.0 Å². The molecule has 4 rings (SSSR count). The predicted molar refractivity (Wildman–Crippen MR) is 137 cm³/mol. The molecule has 1 unspecified atom stereocenters. The van der Waals surface area contributed by atoms with Crippen LogP contribution >= 0.6 is 0 Å². The van der Waals surface area contributed by atoms with Crippen LogP contribution in [0.4, 0.5) is 5.69 Å². The summed E-state index contributed by atoms with van der Waals surface area (Å²) < 4.78 is 0. The number of fused-ring (bicyclic) bond motifs is 2. The standard InChI is InChI=1S/C30H35N/c1-6-29(4,7-2)26-14-16-27(17-15-26)30(5,8-3)31-28-18-13-24-19-22-11-9-10-12-23(22)20-25(24)21-28/h9-21,31H,6-8H2,1-5H3. The lowest BCUT2D eigenvalue weighted by atomic mass is 9.77. The van der Waals surface area contributed by atoms with Crippen LogP contribution in [0.2, 0.25) is 0 Å². The zero-order valence-electron chi connectivity index (χ0n) is 19.6. The third-order valence-corrected chi connectivity index (χ3v) is 7.61. The van der Waals surface area contributed by atoms with Crippen molar-refractivity contribution in [2.75, 3.05) is 5.32 Å². The Morgan fingerprint density at radius 1 is 0.581 bits per heavy atom. The largest absolute Gasteiger partial charge is 0.376 e. The first kappa shape index (κ1) is 21.4. The molecular formula is C30H35N. The second-order valence-electron chi connectivity index (χ2n) is 9.42. The second kappa shape index (κ2) is 8.38. The van der Waals surface area contributed by atoms with Gasteiger partial charge in [0.15, 0.2) is 0 Å². The summed E-state index contributed by atoms with van der Waals surface area (Å²) in [7, 11) is 0. The van der Waals surface area contributed by atoms with Gasteiger partial charge in [-0.2, -0.15) is 0 Å². The molecule has 0 aromatic heterocycles. The van der Waals surface area contributed by atoms with E-state index in [4.69, 9.17) is 0 Å². The van der Waals surface area contributed by atoms with Gasteiger partial charge in [0.25, 0.3) is 0 Å². The number of rotatable bonds is 7. The Hall–Kier alpha value is -2.80. The van der Waals surface area contributed by atoms with Crippen molar-refractivity contribution in [2.24, 2.45) is 0 Å². The summed E-state index contributed by atoms with van der Waals surface area (Å²) in [5.74, 6) is 0. The number of nitrogens with one attached hydrogen (secondary N) is 1. The lowest BCUT2D eigenvalue weighted by Crippen LogP contribution is -2.31.